The molecule has 0 saturated carbocycles. The molecule has 9 nitrogen and oxygen atoms in total. The van der Waals surface area contributed by atoms with Gasteiger partial charge in [0, 0.05) is 37.1 Å². The number of carbonyl (C=O) groups excluding carboxylic acids is 1. The topological polar surface area (TPSA) is 83.1 Å². The Labute approximate surface area is 225 Å². The van der Waals surface area contributed by atoms with Crippen LogP contribution in [0.2, 0.25) is 10.0 Å². The number of anilines is 4. The molecule has 194 valence electrons. The number of aromatic nitrogens is 2. The third-order valence-corrected chi connectivity index (χ3v) is 7.35. The van der Waals surface area contributed by atoms with E-state index in [2.05, 4.69) is 39.2 Å². The largest absolute Gasteiger partial charge is 0.495 e. The molecule has 3 aromatic rings. The van der Waals surface area contributed by atoms with Crippen LogP contribution in [-0.4, -0.2) is 67.8 Å². The van der Waals surface area contributed by atoms with Crippen molar-refractivity contribution in [3.8, 4) is 11.6 Å². The average Bonchev–Trinajstić information content (AvgIpc) is 2.90. The molecular formula is C26H28Cl2N6O3. The van der Waals surface area contributed by atoms with Crippen LogP contribution in [0.1, 0.15) is 23.2 Å². The minimum atomic E-state index is -0.341. The van der Waals surface area contributed by atoms with E-state index < -0.39 is 0 Å². The van der Waals surface area contributed by atoms with Crippen LogP contribution in [-0.2, 0) is 0 Å². The molecule has 0 aliphatic carbocycles. The maximum atomic E-state index is 13.1. The fourth-order valence-corrected chi connectivity index (χ4v) is 5.30. The highest BCUT2D eigenvalue weighted by Gasteiger charge is 2.31. The average molecular weight is 543 g/mol. The number of nitrogens with zero attached hydrogens (tertiary/aromatic N) is 5. The van der Waals surface area contributed by atoms with Crippen LogP contribution in [0.5, 0.6) is 11.6 Å². The van der Waals surface area contributed by atoms with E-state index in [9.17, 15) is 4.79 Å². The van der Waals surface area contributed by atoms with Gasteiger partial charge >= 0.3 is 0 Å². The molecule has 2 aliphatic heterocycles. The first-order valence-electron chi connectivity index (χ1n) is 12.0. The summed E-state index contributed by atoms with van der Waals surface area (Å²) in [7, 11) is 5.94. The van der Waals surface area contributed by atoms with Gasteiger partial charge in [-0.2, -0.15) is 4.98 Å². The van der Waals surface area contributed by atoms with E-state index in [-0.39, 0.29) is 24.1 Å². The van der Waals surface area contributed by atoms with E-state index in [0.29, 0.717) is 27.7 Å². The Morgan fingerprint density at radius 1 is 1.14 bits per heavy atom. The van der Waals surface area contributed by atoms with Gasteiger partial charge < -0.3 is 24.6 Å². The van der Waals surface area contributed by atoms with Gasteiger partial charge in [0.15, 0.2) is 6.73 Å². The van der Waals surface area contributed by atoms with Gasteiger partial charge in [-0.3, -0.25) is 9.69 Å². The molecule has 5 rings (SSSR count). The third-order valence-electron chi connectivity index (χ3n) is 6.74. The first kappa shape index (κ1) is 25.4. The van der Waals surface area contributed by atoms with Crippen molar-refractivity contribution in [2.45, 2.75) is 18.9 Å². The molecule has 1 saturated heterocycles. The van der Waals surface area contributed by atoms with Crippen molar-refractivity contribution in [3.63, 3.8) is 0 Å². The molecule has 2 aromatic carbocycles. The van der Waals surface area contributed by atoms with Crippen molar-refractivity contribution >= 4 is 52.1 Å². The van der Waals surface area contributed by atoms with Crippen LogP contribution in [0, 0.1) is 0 Å². The minimum Gasteiger partial charge on any atom is -0.495 e. The van der Waals surface area contributed by atoms with Crippen molar-refractivity contribution in [2.24, 2.45) is 0 Å². The van der Waals surface area contributed by atoms with Crippen molar-refractivity contribution in [3.05, 3.63) is 58.2 Å². The van der Waals surface area contributed by atoms with Gasteiger partial charge in [0.2, 0.25) is 11.8 Å². The number of benzene rings is 2. The number of amides is 1. The second-order valence-electron chi connectivity index (χ2n) is 9.18. The Hall–Kier alpha value is -3.27. The molecule has 0 atom stereocenters. The molecule has 2 aliphatic rings. The maximum Gasteiger partial charge on any atom is 0.268 e. The minimum absolute atomic E-state index is 0.0707. The molecule has 1 fully saturated rings. The molecule has 1 amide bonds. The second-order valence-corrected chi connectivity index (χ2v) is 10.00. The summed E-state index contributed by atoms with van der Waals surface area (Å²) in [6.45, 7) is 1.88. The van der Waals surface area contributed by atoms with Crippen molar-refractivity contribution in [1.82, 2.24) is 14.9 Å². The van der Waals surface area contributed by atoms with Crippen molar-refractivity contribution < 1.29 is 14.3 Å². The Kier molecular flexibility index (Phi) is 7.28. The number of hydrogen-bond acceptors (Lipinski definition) is 8. The Morgan fingerprint density at radius 3 is 2.54 bits per heavy atom. The lowest BCUT2D eigenvalue weighted by Gasteiger charge is -2.37. The molecule has 11 heteroatoms. The van der Waals surface area contributed by atoms with Crippen molar-refractivity contribution in [1.29, 1.82) is 0 Å². The van der Waals surface area contributed by atoms with Crippen LogP contribution >= 0.6 is 23.2 Å². The summed E-state index contributed by atoms with van der Waals surface area (Å²) in [4.78, 5) is 27.9. The monoisotopic (exact) mass is 542 g/mol. The number of piperidine rings is 1. The lowest BCUT2D eigenvalue weighted by molar-refractivity contribution is 0.0932. The molecule has 37 heavy (non-hydrogen) atoms. The van der Waals surface area contributed by atoms with E-state index in [1.807, 2.05) is 18.2 Å². The fourth-order valence-electron chi connectivity index (χ4n) is 4.69. The highest BCUT2D eigenvalue weighted by atomic mass is 35.5. The van der Waals surface area contributed by atoms with Crippen LogP contribution in [0.3, 0.4) is 0 Å². The zero-order valence-electron chi connectivity index (χ0n) is 20.9. The molecule has 3 heterocycles. The summed E-state index contributed by atoms with van der Waals surface area (Å²) in [5.74, 6) is 0.920. The van der Waals surface area contributed by atoms with Crippen LogP contribution in [0.25, 0.3) is 0 Å². The van der Waals surface area contributed by atoms with Gasteiger partial charge in [-0.25, -0.2) is 4.98 Å². The molecule has 0 unspecified atom stereocenters. The van der Waals surface area contributed by atoms with E-state index in [4.69, 9.17) is 32.7 Å². The van der Waals surface area contributed by atoms with Gasteiger partial charge in [-0.15, -0.1) is 0 Å². The summed E-state index contributed by atoms with van der Waals surface area (Å²) in [5, 5.41) is 3.89. The third kappa shape index (κ3) is 5.12. The van der Waals surface area contributed by atoms with Gasteiger partial charge in [0.25, 0.3) is 5.91 Å². The molecule has 0 radical (unpaired) electrons. The van der Waals surface area contributed by atoms with Gasteiger partial charge in [0.1, 0.15) is 11.3 Å². The molecule has 1 aromatic heterocycles. The summed E-state index contributed by atoms with van der Waals surface area (Å²) in [6, 6.07) is 11.6. The number of methoxy groups -OCH3 is 1. The quantitative estimate of drug-likeness (QED) is 0.462. The lowest BCUT2D eigenvalue weighted by atomic mass is 10.0. The summed E-state index contributed by atoms with van der Waals surface area (Å²) in [5.41, 5.74) is 2.43. The summed E-state index contributed by atoms with van der Waals surface area (Å²) < 4.78 is 11.5. The predicted octanol–water partition coefficient (Wildman–Crippen LogP) is 5.06. The smallest absolute Gasteiger partial charge is 0.268 e. The summed E-state index contributed by atoms with van der Waals surface area (Å²) in [6.07, 6.45) is 3.65. The highest BCUT2D eigenvalue weighted by molar-refractivity contribution is 6.40. The SMILES string of the molecule is COc1cc(Nc2ncc3c(n2)OCN(c2c(Cl)cccc2Cl)C3=O)ccc1N1CCC(N(C)C)CC1. The number of halogens is 2. The van der Waals surface area contributed by atoms with E-state index in [0.717, 1.165) is 43.1 Å². The van der Waals surface area contributed by atoms with E-state index in [1.165, 1.54) is 11.1 Å². The number of carbonyl (C=O) groups is 1. The zero-order chi connectivity index (χ0) is 26.1. The number of nitrogens with one attached hydrogen (secondary N) is 1. The highest BCUT2D eigenvalue weighted by Crippen LogP contribution is 2.38. The van der Waals surface area contributed by atoms with Crippen LogP contribution in [0.15, 0.2) is 42.6 Å². The number of hydrogen-bond donors (Lipinski definition) is 1. The molecular weight excluding hydrogens is 515 g/mol. The number of ether oxygens (including phenoxy) is 2. The van der Waals surface area contributed by atoms with E-state index >= 15 is 0 Å². The standard InChI is InChI=1S/C26H28Cl2N6O3/c1-32(2)17-9-11-33(12-10-17)21-8-7-16(13-22(21)36-3)30-26-29-14-18-24(31-26)37-15-34(25(18)35)23-19(27)5-4-6-20(23)28/h4-8,13-14,17H,9-12,15H2,1-3H3,(H,29,30,31). The van der Waals surface area contributed by atoms with Crippen LogP contribution < -0.4 is 24.6 Å². The first-order chi connectivity index (χ1) is 17.9. The van der Waals surface area contributed by atoms with Gasteiger partial charge in [0.05, 0.1) is 28.5 Å². The molecule has 0 bridgehead atoms. The predicted molar refractivity (Wildman–Crippen MR) is 146 cm³/mol. The van der Waals surface area contributed by atoms with Gasteiger partial charge in [-0.1, -0.05) is 29.3 Å². The Bertz CT molecular complexity index is 1290. The number of para-hydroxylation sites is 1. The fraction of sp³-hybridized carbons (Fsp3) is 0.346. The second kappa shape index (κ2) is 10.6. The molecule has 0 spiro atoms. The lowest BCUT2D eigenvalue weighted by Crippen LogP contribution is -2.42. The number of fused-ring (bicyclic) bond motifs is 1. The molecule has 1 N–H and O–H groups in total. The Balaban J connectivity index is 1.32. The normalized spacial score (nSPS) is 16.0. The van der Waals surface area contributed by atoms with Gasteiger partial charge in [-0.05, 0) is 51.2 Å². The van der Waals surface area contributed by atoms with Crippen molar-refractivity contribution in [2.75, 3.05) is 56.1 Å². The van der Waals surface area contributed by atoms with Crippen LogP contribution in [0.4, 0.5) is 23.0 Å². The number of rotatable bonds is 6. The zero-order valence-corrected chi connectivity index (χ0v) is 22.4. The Morgan fingerprint density at radius 2 is 1.86 bits per heavy atom. The maximum absolute atomic E-state index is 13.1. The van der Waals surface area contributed by atoms with E-state index in [1.54, 1.807) is 25.3 Å². The summed E-state index contributed by atoms with van der Waals surface area (Å²) >= 11 is 12.6. The first-order valence-corrected chi connectivity index (χ1v) is 12.7.